The first-order valence-corrected chi connectivity index (χ1v) is 5.46. The monoisotopic (exact) mass is 192 g/mol. The fraction of sp³-hybridized carbons (Fsp3) is 0.538. The van der Waals surface area contributed by atoms with Crippen LogP contribution in [-0.2, 0) is 11.2 Å². The van der Waals surface area contributed by atoms with E-state index in [1.165, 1.54) is 11.1 Å². The lowest BCUT2D eigenvalue weighted by molar-refractivity contribution is 0.132. The summed E-state index contributed by atoms with van der Waals surface area (Å²) < 4.78 is 5.43. The van der Waals surface area contributed by atoms with Crippen molar-refractivity contribution in [3.63, 3.8) is 0 Å². The van der Waals surface area contributed by atoms with Crippen molar-refractivity contribution in [2.45, 2.75) is 33.1 Å². The van der Waals surface area contributed by atoms with Crippen LogP contribution in [0.25, 0.3) is 0 Å². The van der Waals surface area contributed by atoms with Gasteiger partial charge < -0.3 is 4.74 Å². The van der Waals surface area contributed by atoms with Crippen molar-refractivity contribution in [1.82, 2.24) is 0 Å². The number of hydrogen-bond acceptors (Lipinski definition) is 1. The zero-order valence-corrected chi connectivity index (χ0v) is 9.25. The van der Waals surface area contributed by atoms with E-state index in [2.05, 4.69) is 38.1 Å². The second-order valence-corrected chi connectivity index (χ2v) is 3.70. The zero-order valence-electron chi connectivity index (χ0n) is 9.25. The summed E-state index contributed by atoms with van der Waals surface area (Å²) in [6.07, 6.45) is 3.37. The molecule has 1 aromatic carbocycles. The van der Waals surface area contributed by atoms with Crippen molar-refractivity contribution >= 4 is 0 Å². The van der Waals surface area contributed by atoms with Crippen LogP contribution in [0, 0.1) is 6.92 Å². The molecule has 1 heteroatoms. The summed E-state index contributed by atoms with van der Waals surface area (Å²) in [6, 6.07) is 8.74. The summed E-state index contributed by atoms with van der Waals surface area (Å²) >= 11 is 0. The molecule has 0 fully saturated rings. The van der Waals surface area contributed by atoms with Gasteiger partial charge >= 0.3 is 0 Å². The molecule has 0 saturated carbocycles. The maximum Gasteiger partial charge on any atom is 0.0469 e. The first-order chi connectivity index (χ1) is 6.83. The minimum atomic E-state index is 0.891. The Morgan fingerprint density at radius 3 is 2.43 bits per heavy atom. The Balaban J connectivity index is 2.15. The van der Waals surface area contributed by atoms with E-state index in [9.17, 15) is 0 Å². The molecule has 1 rings (SSSR count). The molecule has 0 amide bonds. The van der Waals surface area contributed by atoms with Crippen LogP contribution < -0.4 is 0 Å². The van der Waals surface area contributed by atoms with E-state index in [1.54, 1.807) is 0 Å². The van der Waals surface area contributed by atoms with Crippen molar-refractivity contribution in [2.75, 3.05) is 13.2 Å². The van der Waals surface area contributed by atoms with E-state index in [-0.39, 0.29) is 0 Å². The van der Waals surface area contributed by atoms with Crippen LogP contribution >= 0.6 is 0 Å². The molecule has 0 bridgehead atoms. The summed E-state index contributed by atoms with van der Waals surface area (Å²) in [5.74, 6) is 0. The highest BCUT2D eigenvalue weighted by Crippen LogP contribution is 2.05. The largest absolute Gasteiger partial charge is 0.381 e. The maximum atomic E-state index is 5.43. The predicted octanol–water partition coefficient (Wildman–Crippen LogP) is 3.35. The SMILES string of the molecule is CCCOCCCc1ccc(C)cc1. The van der Waals surface area contributed by atoms with Crippen molar-refractivity contribution in [2.24, 2.45) is 0 Å². The van der Waals surface area contributed by atoms with Crippen molar-refractivity contribution in [3.05, 3.63) is 35.4 Å². The predicted molar refractivity (Wildman–Crippen MR) is 60.6 cm³/mol. The van der Waals surface area contributed by atoms with Crippen LogP contribution in [-0.4, -0.2) is 13.2 Å². The topological polar surface area (TPSA) is 9.23 Å². The molecule has 0 aliphatic rings. The second-order valence-electron chi connectivity index (χ2n) is 3.70. The van der Waals surface area contributed by atoms with Gasteiger partial charge in [0, 0.05) is 13.2 Å². The molecule has 0 aliphatic heterocycles. The summed E-state index contributed by atoms with van der Waals surface area (Å²) in [4.78, 5) is 0. The van der Waals surface area contributed by atoms with Crippen molar-refractivity contribution in [3.8, 4) is 0 Å². The van der Waals surface area contributed by atoms with Crippen LogP contribution in [0.2, 0.25) is 0 Å². The van der Waals surface area contributed by atoms with Gasteiger partial charge in [0.1, 0.15) is 0 Å². The molecule has 0 heterocycles. The molecule has 1 nitrogen and oxygen atoms in total. The lowest BCUT2D eigenvalue weighted by atomic mass is 10.1. The third-order valence-electron chi connectivity index (χ3n) is 2.22. The fourth-order valence-electron chi connectivity index (χ4n) is 1.38. The Bertz CT molecular complexity index is 238. The highest BCUT2D eigenvalue weighted by molar-refractivity contribution is 5.21. The number of rotatable bonds is 6. The molecule has 78 valence electrons. The highest BCUT2D eigenvalue weighted by Gasteiger charge is 1.92. The molecule has 0 saturated heterocycles. The average molecular weight is 192 g/mol. The van der Waals surface area contributed by atoms with Gasteiger partial charge in [0.2, 0.25) is 0 Å². The van der Waals surface area contributed by atoms with Gasteiger partial charge in [-0.2, -0.15) is 0 Å². The normalized spacial score (nSPS) is 10.4. The van der Waals surface area contributed by atoms with E-state index in [0.717, 1.165) is 32.5 Å². The summed E-state index contributed by atoms with van der Waals surface area (Å²) in [7, 11) is 0. The van der Waals surface area contributed by atoms with E-state index in [0.29, 0.717) is 0 Å². The van der Waals surface area contributed by atoms with E-state index < -0.39 is 0 Å². The molecule has 0 unspecified atom stereocenters. The molecule has 0 atom stereocenters. The first kappa shape index (κ1) is 11.3. The zero-order chi connectivity index (χ0) is 10.2. The molecular formula is C13H20O. The standard InChI is InChI=1S/C13H20O/c1-3-10-14-11-4-5-13-8-6-12(2)7-9-13/h6-9H,3-5,10-11H2,1-2H3. The van der Waals surface area contributed by atoms with Gasteiger partial charge in [0.05, 0.1) is 0 Å². The first-order valence-electron chi connectivity index (χ1n) is 5.46. The van der Waals surface area contributed by atoms with Gasteiger partial charge in [-0.25, -0.2) is 0 Å². The number of aryl methyl sites for hydroxylation is 2. The Hall–Kier alpha value is -0.820. The lowest BCUT2D eigenvalue weighted by Gasteiger charge is -2.03. The van der Waals surface area contributed by atoms with Gasteiger partial charge in [0.25, 0.3) is 0 Å². The van der Waals surface area contributed by atoms with E-state index in [4.69, 9.17) is 4.74 Å². The third-order valence-corrected chi connectivity index (χ3v) is 2.22. The summed E-state index contributed by atoms with van der Waals surface area (Å²) in [5.41, 5.74) is 2.74. The second kappa shape index (κ2) is 6.61. The summed E-state index contributed by atoms with van der Waals surface area (Å²) in [6.45, 7) is 6.05. The van der Waals surface area contributed by atoms with Crippen molar-refractivity contribution < 1.29 is 4.74 Å². The molecule has 0 spiro atoms. The van der Waals surface area contributed by atoms with Crippen LogP contribution in [0.3, 0.4) is 0 Å². The number of ether oxygens (including phenoxy) is 1. The van der Waals surface area contributed by atoms with E-state index in [1.807, 2.05) is 0 Å². The molecule has 0 N–H and O–H groups in total. The smallest absolute Gasteiger partial charge is 0.0469 e. The van der Waals surface area contributed by atoms with Crippen LogP contribution in [0.1, 0.15) is 30.9 Å². The molecule has 0 radical (unpaired) electrons. The fourth-order valence-corrected chi connectivity index (χ4v) is 1.38. The Morgan fingerprint density at radius 1 is 1.07 bits per heavy atom. The van der Waals surface area contributed by atoms with E-state index >= 15 is 0 Å². The minimum absolute atomic E-state index is 0.891. The van der Waals surface area contributed by atoms with Crippen LogP contribution in [0.15, 0.2) is 24.3 Å². The molecule has 14 heavy (non-hydrogen) atoms. The van der Waals surface area contributed by atoms with Crippen LogP contribution in [0.4, 0.5) is 0 Å². The lowest BCUT2D eigenvalue weighted by Crippen LogP contribution is -1.97. The van der Waals surface area contributed by atoms with Gasteiger partial charge in [-0.05, 0) is 31.7 Å². The Morgan fingerprint density at radius 2 is 1.79 bits per heavy atom. The minimum Gasteiger partial charge on any atom is -0.381 e. The van der Waals surface area contributed by atoms with Gasteiger partial charge in [-0.3, -0.25) is 0 Å². The molecular weight excluding hydrogens is 172 g/mol. The van der Waals surface area contributed by atoms with Gasteiger partial charge in [-0.1, -0.05) is 36.8 Å². The summed E-state index contributed by atoms with van der Waals surface area (Å²) in [5, 5.41) is 0. The maximum absolute atomic E-state index is 5.43. The molecule has 1 aromatic rings. The third kappa shape index (κ3) is 4.43. The molecule has 0 aliphatic carbocycles. The van der Waals surface area contributed by atoms with Crippen molar-refractivity contribution in [1.29, 1.82) is 0 Å². The quantitative estimate of drug-likeness (QED) is 0.628. The van der Waals surface area contributed by atoms with Crippen LogP contribution in [0.5, 0.6) is 0 Å². The average Bonchev–Trinajstić information content (AvgIpc) is 2.21. The van der Waals surface area contributed by atoms with Gasteiger partial charge in [-0.15, -0.1) is 0 Å². The number of benzene rings is 1. The number of hydrogen-bond donors (Lipinski definition) is 0. The Labute approximate surface area is 87.1 Å². The Kier molecular flexibility index (Phi) is 5.31. The van der Waals surface area contributed by atoms with Gasteiger partial charge in [0.15, 0.2) is 0 Å². The molecule has 0 aromatic heterocycles. The highest BCUT2D eigenvalue weighted by atomic mass is 16.5.